The fourth-order valence-corrected chi connectivity index (χ4v) is 5.12. The van der Waals surface area contributed by atoms with Crippen molar-refractivity contribution in [2.75, 3.05) is 32.8 Å². The van der Waals surface area contributed by atoms with Gasteiger partial charge in [0.2, 0.25) is 15.9 Å². The lowest BCUT2D eigenvalue weighted by Crippen LogP contribution is -2.50. The van der Waals surface area contributed by atoms with Crippen LogP contribution in [-0.2, 0) is 27.7 Å². The molecular weight excluding hydrogens is 400 g/mol. The van der Waals surface area contributed by atoms with Crippen LogP contribution in [0.5, 0.6) is 5.75 Å². The summed E-state index contributed by atoms with van der Waals surface area (Å²) in [5, 5.41) is 0.493. The van der Waals surface area contributed by atoms with Gasteiger partial charge in [0, 0.05) is 37.6 Å². The Morgan fingerprint density at radius 3 is 2.46 bits per heavy atom. The summed E-state index contributed by atoms with van der Waals surface area (Å²) < 4.78 is 32.4. The predicted molar refractivity (Wildman–Crippen MR) is 106 cm³/mol. The lowest BCUT2D eigenvalue weighted by Gasteiger charge is -2.34. The number of amides is 1. The summed E-state index contributed by atoms with van der Waals surface area (Å²) in [4.78, 5) is 14.6. The van der Waals surface area contributed by atoms with Crippen molar-refractivity contribution in [3.8, 4) is 5.75 Å². The molecule has 1 fully saturated rings. The van der Waals surface area contributed by atoms with Crippen LogP contribution in [0.25, 0.3) is 0 Å². The van der Waals surface area contributed by atoms with Crippen LogP contribution in [0.1, 0.15) is 11.1 Å². The second-order valence-electron chi connectivity index (χ2n) is 6.96. The van der Waals surface area contributed by atoms with Crippen molar-refractivity contribution in [3.05, 3.63) is 58.6 Å². The summed E-state index contributed by atoms with van der Waals surface area (Å²) in [6, 6.07) is 12.0. The van der Waals surface area contributed by atoms with Crippen molar-refractivity contribution in [1.82, 2.24) is 9.21 Å². The Morgan fingerprint density at radius 1 is 1.04 bits per heavy atom. The topological polar surface area (TPSA) is 66.9 Å². The highest BCUT2D eigenvalue weighted by atomic mass is 35.5. The summed E-state index contributed by atoms with van der Waals surface area (Å²) in [5.74, 6) is 0.916. The Balaban J connectivity index is 1.37. The van der Waals surface area contributed by atoms with Gasteiger partial charge in [-0.15, -0.1) is 0 Å². The zero-order valence-corrected chi connectivity index (χ0v) is 16.9. The highest BCUT2D eigenvalue weighted by Crippen LogP contribution is 2.26. The zero-order chi connectivity index (χ0) is 19.7. The molecule has 148 valence electrons. The molecule has 0 radical (unpaired) electrons. The van der Waals surface area contributed by atoms with Crippen LogP contribution < -0.4 is 4.74 Å². The van der Waals surface area contributed by atoms with Gasteiger partial charge in [-0.05, 0) is 41.5 Å². The van der Waals surface area contributed by atoms with Crippen molar-refractivity contribution in [2.24, 2.45) is 0 Å². The van der Waals surface area contributed by atoms with Gasteiger partial charge >= 0.3 is 0 Å². The van der Waals surface area contributed by atoms with E-state index in [1.165, 1.54) is 16.4 Å². The molecule has 28 heavy (non-hydrogen) atoms. The molecule has 0 unspecified atom stereocenters. The molecule has 2 aromatic carbocycles. The molecule has 8 heteroatoms. The fourth-order valence-electron chi connectivity index (χ4n) is 3.57. The van der Waals surface area contributed by atoms with Crippen molar-refractivity contribution in [3.63, 3.8) is 0 Å². The van der Waals surface area contributed by atoms with Crippen LogP contribution in [0.4, 0.5) is 0 Å². The molecule has 0 bridgehead atoms. The number of hydrogen-bond acceptors (Lipinski definition) is 4. The van der Waals surface area contributed by atoms with Gasteiger partial charge in [-0.25, -0.2) is 8.42 Å². The van der Waals surface area contributed by atoms with E-state index in [1.807, 2.05) is 18.2 Å². The van der Waals surface area contributed by atoms with E-state index in [0.717, 1.165) is 23.3 Å². The highest BCUT2D eigenvalue weighted by Gasteiger charge is 2.30. The number of rotatable bonds is 4. The van der Waals surface area contributed by atoms with Crippen molar-refractivity contribution in [2.45, 2.75) is 17.7 Å². The summed E-state index contributed by atoms with van der Waals surface area (Å²) in [5.41, 5.74) is 2.11. The average molecular weight is 421 g/mol. The number of fused-ring (bicyclic) bond motifs is 1. The van der Waals surface area contributed by atoms with Gasteiger partial charge in [0.25, 0.3) is 0 Å². The van der Waals surface area contributed by atoms with Crippen molar-refractivity contribution in [1.29, 1.82) is 0 Å². The smallest absolute Gasteiger partial charge is 0.243 e. The number of ether oxygens (including phenoxy) is 1. The molecule has 0 spiro atoms. The summed E-state index contributed by atoms with van der Waals surface area (Å²) in [6.07, 6.45) is 1.19. The van der Waals surface area contributed by atoms with E-state index >= 15 is 0 Å². The lowest BCUT2D eigenvalue weighted by atomic mass is 10.1. The van der Waals surface area contributed by atoms with E-state index in [2.05, 4.69) is 0 Å². The molecule has 0 aromatic heterocycles. The van der Waals surface area contributed by atoms with E-state index < -0.39 is 10.0 Å². The number of nitrogens with zero attached hydrogens (tertiary/aromatic N) is 2. The molecular formula is C20H21ClN2O4S. The number of carbonyl (C=O) groups excluding carboxylic acids is 1. The first-order valence-corrected chi connectivity index (χ1v) is 11.0. The predicted octanol–water partition coefficient (Wildman–Crippen LogP) is 2.35. The van der Waals surface area contributed by atoms with Crippen LogP contribution >= 0.6 is 11.6 Å². The van der Waals surface area contributed by atoms with Gasteiger partial charge in [-0.1, -0.05) is 23.7 Å². The van der Waals surface area contributed by atoms with E-state index in [0.29, 0.717) is 31.1 Å². The Labute approximate surface area is 169 Å². The quantitative estimate of drug-likeness (QED) is 0.761. The molecule has 2 aromatic rings. The molecule has 6 nitrogen and oxygen atoms in total. The van der Waals surface area contributed by atoms with Gasteiger partial charge in [0.15, 0.2) is 0 Å². The van der Waals surface area contributed by atoms with E-state index in [4.69, 9.17) is 16.3 Å². The Morgan fingerprint density at radius 2 is 1.75 bits per heavy atom. The van der Waals surface area contributed by atoms with E-state index in [-0.39, 0.29) is 23.9 Å². The lowest BCUT2D eigenvalue weighted by molar-refractivity contribution is -0.131. The number of sulfonamides is 1. The molecule has 1 amide bonds. The number of hydrogen-bond donors (Lipinski definition) is 0. The molecule has 2 aliphatic rings. The third-order valence-electron chi connectivity index (χ3n) is 5.15. The first-order valence-electron chi connectivity index (χ1n) is 9.21. The van der Waals surface area contributed by atoms with E-state index in [9.17, 15) is 13.2 Å². The van der Waals surface area contributed by atoms with Crippen molar-refractivity contribution >= 4 is 27.5 Å². The highest BCUT2D eigenvalue weighted by molar-refractivity contribution is 7.89. The molecule has 1 saturated heterocycles. The maximum Gasteiger partial charge on any atom is 0.243 e. The molecule has 4 rings (SSSR count). The van der Waals surface area contributed by atoms with Crippen LogP contribution in [0, 0.1) is 0 Å². The van der Waals surface area contributed by atoms with Gasteiger partial charge < -0.3 is 9.64 Å². The van der Waals surface area contributed by atoms with E-state index in [1.54, 1.807) is 17.0 Å². The normalized spacial score (nSPS) is 17.2. The first kappa shape index (κ1) is 19.2. The number of carbonyl (C=O) groups is 1. The van der Waals surface area contributed by atoms with Gasteiger partial charge in [-0.3, -0.25) is 4.79 Å². The minimum atomic E-state index is -3.57. The minimum Gasteiger partial charge on any atom is -0.493 e. The summed E-state index contributed by atoms with van der Waals surface area (Å²) in [7, 11) is -3.57. The molecule has 0 N–H and O–H groups in total. The molecule has 2 heterocycles. The molecule has 0 aliphatic carbocycles. The molecule has 0 atom stereocenters. The SMILES string of the molecule is O=C(Cc1ccc2c(c1)CCO2)N1CCN(S(=O)(=O)c2ccc(Cl)cc2)CC1. The standard InChI is InChI=1S/C20H21ClN2O4S/c21-17-2-4-18(5-3-17)28(25,26)23-10-8-22(9-11-23)20(24)14-15-1-6-19-16(13-15)7-12-27-19/h1-6,13H,7-12,14H2. The largest absolute Gasteiger partial charge is 0.493 e. The minimum absolute atomic E-state index is 0.0161. The van der Waals surface area contributed by atoms with Crippen molar-refractivity contribution < 1.29 is 17.9 Å². The summed E-state index contributed by atoms with van der Waals surface area (Å²) >= 11 is 5.84. The van der Waals surface area contributed by atoms with Crippen LogP contribution in [-0.4, -0.2) is 56.3 Å². The van der Waals surface area contributed by atoms with Gasteiger partial charge in [0.05, 0.1) is 17.9 Å². The molecule has 0 saturated carbocycles. The monoisotopic (exact) mass is 420 g/mol. The maximum atomic E-state index is 12.7. The Kier molecular flexibility index (Phi) is 5.31. The average Bonchev–Trinajstić information content (AvgIpc) is 3.16. The van der Waals surface area contributed by atoms with Gasteiger partial charge in [-0.2, -0.15) is 4.31 Å². The van der Waals surface area contributed by atoms with Crippen LogP contribution in [0.3, 0.4) is 0 Å². The molecule has 2 aliphatic heterocycles. The second-order valence-corrected chi connectivity index (χ2v) is 9.33. The Bertz CT molecular complexity index is 984. The summed E-state index contributed by atoms with van der Waals surface area (Å²) in [6.45, 7) is 2.04. The number of piperazine rings is 1. The zero-order valence-electron chi connectivity index (χ0n) is 15.3. The number of halogens is 1. The van der Waals surface area contributed by atoms with Crippen LogP contribution in [0.2, 0.25) is 5.02 Å². The number of benzene rings is 2. The van der Waals surface area contributed by atoms with Gasteiger partial charge in [0.1, 0.15) is 5.75 Å². The van der Waals surface area contributed by atoms with Crippen LogP contribution in [0.15, 0.2) is 47.4 Å². The second kappa shape index (κ2) is 7.73. The first-order chi connectivity index (χ1) is 13.4. The fraction of sp³-hybridized carbons (Fsp3) is 0.350. The Hall–Kier alpha value is -2.09. The third-order valence-corrected chi connectivity index (χ3v) is 7.32. The third kappa shape index (κ3) is 3.87. The maximum absolute atomic E-state index is 12.7.